The molecule has 2 rings (SSSR count). The number of alkyl halides is 2. The molecular formula is C14H15F2N3O3. The second-order valence-corrected chi connectivity index (χ2v) is 4.92. The van der Waals surface area contributed by atoms with E-state index in [0.717, 1.165) is 0 Å². The largest absolute Gasteiger partial charge is 0.481 e. The van der Waals surface area contributed by atoms with Gasteiger partial charge < -0.3 is 4.74 Å². The minimum absolute atomic E-state index is 0.168. The molecule has 1 heterocycles. The Kier molecular flexibility index (Phi) is 4.69. The standard InChI is InChI=1S/C14H15F2N3O3/c1-9(2)18-6-5-11(17-18)10-3-4-12(19(20)21)13(7-10)22-8-14(15)16/h3-7,9,14H,8H2,1-2H3. The molecule has 0 aliphatic heterocycles. The van der Waals surface area contributed by atoms with Crippen LogP contribution in [0.15, 0.2) is 30.5 Å². The summed E-state index contributed by atoms with van der Waals surface area (Å²) in [6.07, 6.45) is -0.926. The molecule has 0 aliphatic carbocycles. The van der Waals surface area contributed by atoms with E-state index in [1.165, 1.54) is 18.2 Å². The lowest BCUT2D eigenvalue weighted by molar-refractivity contribution is -0.385. The van der Waals surface area contributed by atoms with Gasteiger partial charge in [-0.2, -0.15) is 5.10 Å². The Morgan fingerprint density at radius 2 is 2.09 bits per heavy atom. The van der Waals surface area contributed by atoms with Crippen LogP contribution >= 0.6 is 0 Å². The number of nitro benzene ring substituents is 1. The van der Waals surface area contributed by atoms with Gasteiger partial charge in [0.05, 0.1) is 10.6 Å². The van der Waals surface area contributed by atoms with Crippen LogP contribution in [0.5, 0.6) is 5.75 Å². The van der Waals surface area contributed by atoms with Crippen molar-refractivity contribution in [3.63, 3.8) is 0 Å². The molecule has 118 valence electrons. The fourth-order valence-electron chi connectivity index (χ4n) is 1.87. The third-order valence-corrected chi connectivity index (χ3v) is 2.95. The molecule has 0 amide bonds. The van der Waals surface area contributed by atoms with Gasteiger partial charge in [-0.25, -0.2) is 8.78 Å². The molecule has 0 N–H and O–H groups in total. The van der Waals surface area contributed by atoms with Crippen molar-refractivity contribution in [2.24, 2.45) is 0 Å². The summed E-state index contributed by atoms with van der Waals surface area (Å²) in [5.74, 6) is -0.193. The first-order chi connectivity index (χ1) is 10.4. The number of halogens is 2. The summed E-state index contributed by atoms with van der Waals surface area (Å²) in [4.78, 5) is 10.3. The van der Waals surface area contributed by atoms with Gasteiger partial charge in [0, 0.05) is 23.9 Å². The number of nitro groups is 1. The molecule has 0 radical (unpaired) electrons. The molecule has 1 aromatic heterocycles. The molecule has 2 aromatic rings. The van der Waals surface area contributed by atoms with E-state index in [9.17, 15) is 18.9 Å². The van der Waals surface area contributed by atoms with Gasteiger partial charge in [-0.3, -0.25) is 14.8 Å². The second-order valence-electron chi connectivity index (χ2n) is 4.92. The Balaban J connectivity index is 2.36. The Morgan fingerprint density at radius 1 is 1.36 bits per heavy atom. The van der Waals surface area contributed by atoms with Crippen LogP contribution in [-0.2, 0) is 0 Å². The van der Waals surface area contributed by atoms with Crippen molar-refractivity contribution in [1.29, 1.82) is 0 Å². The molecule has 0 atom stereocenters. The van der Waals surface area contributed by atoms with Gasteiger partial charge in [0.25, 0.3) is 6.43 Å². The Labute approximate surface area is 125 Å². The lowest BCUT2D eigenvalue weighted by atomic mass is 10.1. The lowest BCUT2D eigenvalue weighted by Crippen LogP contribution is -2.08. The minimum atomic E-state index is -2.71. The Morgan fingerprint density at radius 3 is 2.64 bits per heavy atom. The van der Waals surface area contributed by atoms with Gasteiger partial charge in [-0.05, 0) is 32.0 Å². The SMILES string of the molecule is CC(C)n1ccc(-c2ccc([N+](=O)[O-])c(OCC(F)F)c2)n1. The number of rotatable bonds is 6. The molecule has 0 unspecified atom stereocenters. The van der Waals surface area contributed by atoms with Crippen molar-refractivity contribution in [2.45, 2.75) is 26.3 Å². The number of aromatic nitrogens is 2. The van der Waals surface area contributed by atoms with Crippen LogP contribution in [0, 0.1) is 10.1 Å². The predicted molar refractivity (Wildman–Crippen MR) is 76.2 cm³/mol. The molecule has 0 aliphatic rings. The molecule has 1 aromatic carbocycles. The fraction of sp³-hybridized carbons (Fsp3) is 0.357. The lowest BCUT2D eigenvalue weighted by Gasteiger charge is -2.08. The summed E-state index contributed by atoms with van der Waals surface area (Å²) in [6.45, 7) is 3.03. The summed E-state index contributed by atoms with van der Waals surface area (Å²) < 4.78 is 31.1. The molecule has 0 saturated carbocycles. The maximum absolute atomic E-state index is 12.3. The Hall–Kier alpha value is -2.51. The molecular weight excluding hydrogens is 296 g/mol. The van der Waals surface area contributed by atoms with Crippen LogP contribution in [-0.4, -0.2) is 27.7 Å². The van der Waals surface area contributed by atoms with Gasteiger partial charge in [0.2, 0.25) is 0 Å². The molecule has 0 spiro atoms. The van der Waals surface area contributed by atoms with Crippen LogP contribution < -0.4 is 4.74 Å². The van der Waals surface area contributed by atoms with Crippen LogP contribution in [0.2, 0.25) is 0 Å². The zero-order chi connectivity index (χ0) is 16.3. The first-order valence-corrected chi connectivity index (χ1v) is 6.63. The van der Waals surface area contributed by atoms with E-state index >= 15 is 0 Å². The van der Waals surface area contributed by atoms with Gasteiger partial charge in [-0.1, -0.05) is 0 Å². The summed E-state index contributed by atoms with van der Waals surface area (Å²) >= 11 is 0. The highest BCUT2D eigenvalue weighted by molar-refractivity contribution is 5.65. The van der Waals surface area contributed by atoms with Gasteiger partial charge >= 0.3 is 5.69 Å². The van der Waals surface area contributed by atoms with E-state index in [0.29, 0.717) is 11.3 Å². The van der Waals surface area contributed by atoms with E-state index in [4.69, 9.17) is 4.74 Å². The minimum Gasteiger partial charge on any atom is -0.481 e. The number of hydrogen-bond donors (Lipinski definition) is 0. The van der Waals surface area contributed by atoms with Crippen molar-refractivity contribution in [2.75, 3.05) is 6.61 Å². The number of ether oxygens (including phenoxy) is 1. The van der Waals surface area contributed by atoms with Crippen molar-refractivity contribution in [1.82, 2.24) is 9.78 Å². The molecule has 0 saturated heterocycles. The number of hydrogen-bond acceptors (Lipinski definition) is 4. The highest BCUT2D eigenvalue weighted by Crippen LogP contribution is 2.32. The zero-order valence-electron chi connectivity index (χ0n) is 12.1. The van der Waals surface area contributed by atoms with E-state index in [2.05, 4.69) is 5.10 Å². The maximum atomic E-state index is 12.3. The maximum Gasteiger partial charge on any atom is 0.310 e. The molecule has 0 bridgehead atoms. The first kappa shape index (κ1) is 15.9. The summed E-state index contributed by atoms with van der Waals surface area (Å²) in [7, 11) is 0. The normalized spacial score (nSPS) is 11.2. The van der Waals surface area contributed by atoms with Crippen LogP contribution in [0.25, 0.3) is 11.3 Å². The molecule has 8 heteroatoms. The molecule has 22 heavy (non-hydrogen) atoms. The highest BCUT2D eigenvalue weighted by Gasteiger charge is 2.18. The third kappa shape index (κ3) is 3.57. The van der Waals surface area contributed by atoms with Crippen LogP contribution in [0.1, 0.15) is 19.9 Å². The zero-order valence-corrected chi connectivity index (χ0v) is 12.1. The second kappa shape index (κ2) is 6.50. The van der Waals surface area contributed by atoms with E-state index in [1.807, 2.05) is 13.8 Å². The van der Waals surface area contributed by atoms with Gasteiger partial charge in [0.15, 0.2) is 5.75 Å². The number of nitrogens with zero attached hydrogens (tertiary/aromatic N) is 3. The fourth-order valence-corrected chi connectivity index (χ4v) is 1.87. The van der Waals surface area contributed by atoms with Crippen molar-refractivity contribution < 1.29 is 18.4 Å². The average Bonchev–Trinajstić information content (AvgIpc) is 2.94. The molecule has 6 nitrogen and oxygen atoms in total. The Bertz CT molecular complexity index is 671. The first-order valence-electron chi connectivity index (χ1n) is 6.63. The van der Waals surface area contributed by atoms with Crippen molar-refractivity contribution in [3.8, 4) is 17.0 Å². The quantitative estimate of drug-likeness (QED) is 0.602. The highest BCUT2D eigenvalue weighted by atomic mass is 19.3. The van der Waals surface area contributed by atoms with E-state index < -0.39 is 18.0 Å². The van der Waals surface area contributed by atoms with Gasteiger partial charge in [-0.15, -0.1) is 0 Å². The topological polar surface area (TPSA) is 70.2 Å². The van der Waals surface area contributed by atoms with Crippen molar-refractivity contribution in [3.05, 3.63) is 40.6 Å². The van der Waals surface area contributed by atoms with Crippen LogP contribution in [0.3, 0.4) is 0 Å². The predicted octanol–water partition coefficient (Wildman–Crippen LogP) is 3.68. The summed E-state index contributed by atoms with van der Waals surface area (Å²) in [5, 5.41) is 15.3. The van der Waals surface area contributed by atoms with E-state index in [-0.39, 0.29) is 17.5 Å². The van der Waals surface area contributed by atoms with Crippen LogP contribution in [0.4, 0.5) is 14.5 Å². The monoisotopic (exact) mass is 311 g/mol. The van der Waals surface area contributed by atoms with E-state index in [1.54, 1.807) is 16.9 Å². The summed E-state index contributed by atoms with van der Waals surface area (Å²) in [5.41, 5.74) is 0.799. The smallest absolute Gasteiger partial charge is 0.310 e. The average molecular weight is 311 g/mol. The molecule has 0 fully saturated rings. The van der Waals surface area contributed by atoms with Crippen molar-refractivity contribution >= 4 is 5.69 Å². The van der Waals surface area contributed by atoms with Gasteiger partial charge in [0.1, 0.15) is 6.61 Å². The third-order valence-electron chi connectivity index (χ3n) is 2.95. The summed E-state index contributed by atoms with van der Waals surface area (Å²) in [6, 6.07) is 6.01. The number of benzene rings is 1.